The number of carbonyl (C=O) groups excluding carboxylic acids is 1. The molecule has 1 amide bonds. The molecule has 1 unspecified atom stereocenters. The fraction of sp³-hybridized carbons (Fsp3) is 0.400. The van der Waals surface area contributed by atoms with Gasteiger partial charge in [0.2, 0.25) is 5.91 Å². The minimum absolute atomic E-state index is 0.0944. The number of rotatable bonds is 4. The van der Waals surface area contributed by atoms with Crippen molar-refractivity contribution < 1.29 is 4.79 Å². The number of hydrogen-bond acceptors (Lipinski definition) is 3. The third-order valence-electron chi connectivity index (χ3n) is 5.12. The zero-order valence-electron chi connectivity index (χ0n) is 14.2. The number of nitrogens with zero attached hydrogens (tertiary/aromatic N) is 2. The van der Waals surface area contributed by atoms with E-state index in [1.54, 1.807) is 6.20 Å². The van der Waals surface area contributed by atoms with Crippen LogP contribution in [0.3, 0.4) is 0 Å². The van der Waals surface area contributed by atoms with Gasteiger partial charge < -0.3 is 10.2 Å². The maximum absolute atomic E-state index is 12.4. The second-order valence-corrected chi connectivity index (χ2v) is 7.35. The molecule has 2 aromatic rings. The van der Waals surface area contributed by atoms with Crippen LogP contribution in [0.1, 0.15) is 29.5 Å². The van der Waals surface area contributed by atoms with Crippen molar-refractivity contribution in [1.29, 1.82) is 0 Å². The van der Waals surface area contributed by atoms with Gasteiger partial charge in [-0.3, -0.25) is 4.79 Å². The molecule has 1 fully saturated rings. The van der Waals surface area contributed by atoms with Gasteiger partial charge in [-0.15, -0.1) is 0 Å². The molecule has 4 nitrogen and oxygen atoms in total. The van der Waals surface area contributed by atoms with Gasteiger partial charge in [0.05, 0.1) is 11.4 Å². The molecular weight excluding hydrogens is 334 g/mol. The van der Waals surface area contributed by atoms with Gasteiger partial charge in [-0.05, 0) is 54.5 Å². The van der Waals surface area contributed by atoms with Crippen LogP contribution >= 0.6 is 11.6 Å². The summed E-state index contributed by atoms with van der Waals surface area (Å²) in [4.78, 5) is 18.9. The maximum Gasteiger partial charge on any atom is 0.224 e. The van der Waals surface area contributed by atoms with Crippen LogP contribution in [-0.2, 0) is 24.1 Å². The van der Waals surface area contributed by atoms with Crippen LogP contribution in [0, 0.1) is 0 Å². The quantitative estimate of drug-likeness (QED) is 0.916. The molecule has 1 N–H and O–H groups in total. The summed E-state index contributed by atoms with van der Waals surface area (Å²) >= 11 is 6.22. The number of anilines is 1. The summed E-state index contributed by atoms with van der Waals surface area (Å²) < 4.78 is 0. The lowest BCUT2D eigenvalue weighted by Crippen LogP contribution is -2.38. The van der Waals surface area contributed by atoms with Gasteiger partial charge >= 0.3 is 0 Å². The van der Waals surface area contributed by atoms with Crippen molar-refractivity contribution >= 4 is 23.3 Å². The Morgan fingerprint density at radius 3 is 3.04 bits per heavy atom. The minimum atomic E-state index is 0.0944. The maximum atomic E-state index is 12.4. The monoisotopic (exact) mass is 355 g/mol. The van der Waals surface area contributed by atoms with Crippen LogP contribution < -0.4 is 10.2 Å². The van der Waals surface area contributed by atoms with Crippen LogP contribution in [0.4, 0.5) is 5.82 Å². The lowest BCUT2D eigenvalue weighted by molar-refractivity contribution is -0.121. The Hall–Kier alpha value is -2.07. The zero-order valence-corrected chi connectivity index (χ0v) is 14.9. The third-order valence-corrected chi connectivity index (χ3v) is 5.41. The van der Waals surface area contributed by atoms with Crippen molar-refractivity contribution in [3.05, 3.63) is 58.2 Å². The number of carbonyl (C=O) groups is 1. The number of fused-ring (bicyclic) bond motifs is 1. The average molecular weight is 356 g/mol. The molecule has 1 atom stereocenters. The Balaban J connectivity index is 1.34. The molecule has 0 bridgehead atoms. The lowest BCUT2D eigenvalue weighted by Gasteiger charge is -2.19. The molecule has 5 heteroatoms. The largest absolute Gasteiger partial charge is 0.353 e. The predicted octanol–water partition coefficient (Wildman–Crippen LogP) is 3.16. The van der Waals surface area contributed by atoms with Gasteiger partial charge in [0.1, 0.15) is 5.82 Å². The van der Waals surface area contributed by atoms with Crippen LogP contribution in [0.15, 0.2) is 36.5 Å². The Kier molecular flexibility index (Phi) is 4.62. The summed E-state index contributed by atoms with van der Waals surface area (Å²) in [5.74, 6) is 0.899. The van der Waals surface area contributed by atoms with E-state index in [9.17, 15) is 4.79 Å². The first-order chi connectivity index (χ1) is 12.2. The molecule has 4 rings (SSSR count). The smallest absolute Gasteiger partial charge is 0.224 e. The summed E-state index contributed by atoms with van der Waals surface area (Å²) in [7, 11) is 0. The molecule has 1 aromatic carbocycles. The summed E-state index contributed by atoms with van der Waals surface area (Å²) in [6.07, 6.45) is 6.68. The van der Waals surface area contributed by atoms with Crippen molar-refractivity contribution in [2.24, 2.45) is 0 Å². The highest BCUT2D eigenvalue weighted by molar-refractivity contribution is 6.32. The van der Waals surface area contributed by atoms with Crippen molar-refractivity contribution in [3.8, 4) is 0 Å². The van der Waals surface area contributed by atoms with E-state index >= 15 is 0 Å². The second kappa shape index (κ2) is 7.04. The number of benzene rings is 1. The Bertz CT molecular complexity index is 792. The number of nitrogens with one attached hydrogen (secondary N) is 1. The summed E-state index contributed by atoms with van der Waals surface area (Å²) in [6.45, 7) is 1.62. The van der Waals surface area contributed by atoms with E-state index in [1.165, 1.54) is 24.0 Å². The Labute approximate surface area is 153 Å². The molecule has 1 aromatic heterocycles. The van der Waals surface area contributed by atoms with E-state index in [-0.39, 0.29) is 11.9 Å². The first-order valence-electron chi connectivity index (χ1n) is 8.94. The highest BCUT2D eigenvalue weighted by Gasteiger charge is 2.26. The van der Waals surface area contributed by atoms with Crippen LogP contribution in [0.5, 0.6) is 0 Å². The van der Waals surface area contributed by atoms with Gasteiger partial charge in [0.25, 0.3) is 0 Å². The summed E-state index contributed by atoms with van der Waals surface area (Å²) in [6, 6.07) is 10.3. The van der Waals surface area contributed by atoms with Gasteiger partial charge in [-0.2, -0.15) is 0 Å². The van der Waals surface area contributed by atoms with Crippen molar-refractivity contribution in [3.63, 3.8) is 0 Å². The molecule has 1 aliphatic heterocycles. The van der Waals surface area contributed by atoms with E-state index in [2.05, 4.69) is 33.4 Å². The fourth-order valence-electron chi connectivity index (χ4n) is 3.88. The molecule has 2 heterocycles. The Morgan fingerprint density at radius 1 is 1.28 bits per heavy atom. The highest BCUT2D eigenvalue weighted by Crippen LogP contribution is 2.26. The van der Waals surface area contributed by atoms with Gasteiger partial charge in [0.15, 0.2) is 0 Å². The van der Waals surface area contributed by atoms with Crippen LogP contribution in [0.25, 0.3) is 0 Å². The first-order valence-corrected chi connectivity index (χ1v) is 9.32. The highest BCUT2D eigenvalue weighted by atomic mass is 35.5. The number of aryl methyl sites for hydroxylation is 2. The van der Waals surface area contributed by atoms with E-state index in [0.29, 0.717) is 11.4 Å². The number of halogens is 1. The van der Waals surface area contributed by atoms with E-state index in [4.69, 9.17) is 11.6 Å². The Morgan fingerprint density at radius 2 is 2.16 bits per heavy atom. The molecule has 0 radical (unpaired) electrons. The van der Waals surface area contributed by atoms with Gasteiger partial charge in [0, 0.05) is 25.3 Å². The molecule has 0 saturated carbocycles. The van der Waals surface area contributed by atoms with Crippen LogP contribution in [0.2, 0.25) is 5.02 Å². The lowest BCUT2D eigenvalue weighted by atomic mass is 10.0. The van der Waals surface area contributed by atoms with Gasteiger partial charge in [-0.1, -0.05) is 29.8 Å². The molecule has 25 heavy (non-hydrogen) atoms. The molecule has 130 valence electrons. The standard InChI is InChI=1S/C20H22ClN3O/c21-18-5-2-9-22-20(18)24-10-8-17(13-24)23-19(25)12-14-6-7-15-3-1-4-16(15)11-14/h2,5-7,9,11,17H,1,3-4,8,10,12-13H2,(H,23,25). The van der Waals surface area contributed by atoms with Gasteiger partial charge in [-0.25, -0.2) is 4.98 Å². The number of pyridine rings is 1. The SMILES string of the molecule is O=C(Cc1ccc2c(c1)CCC2)NC1CCN(c2ncccc2Cl)C1. The summed E-state index contributed by atoms with van der Waals surface area (Å²) in [5.41, 5.74) is 3.98. The van der Waals surface area contributed by atoms with E-state index < -0.39 is 0 Å². The normalized spacial score (nSPS) is 19.1. The van der Waals surface area contributed by atoms with E-state index in [0.717, 1.165) is 37.3 Å². The molecule has 2 aliphatic rings. The number of amides is 1. The number of aromatic nitrogens is 1. The van der Waals surface area contributed by atoms with Crippen molar-refractivity contribution in [2.45, 2.75) is 38.1 Å². The number of hydrogen-bond donors (Lipinski definition) is 1. The molecule has 1 saturated heterocycles. The third kappa shape index (κ3) is 3.64. The first kappa shape index (κ1) is 16.4. The fourth-order valence-corrected chi connectivity index (χ4v) is 4.12. The molecule has 1 aliphatic carbocycles. The molecule has 0 spiro atoms. The topological polar surface area (TPSA) is 45.2 Å². The summed E-state index contributed by atoms with van der Waals surface area (Å²) in [5, 5.41) is 3.82. The van der Waals surface area contributed by atoms with Crippen molar-refractivity contribution in [2.75, 3.05) is 18.0 Å². The second-order valence-electron chi connectivity index (χ2n) is 6.94. The van der Waals surface area contributed by atoms with Crippen molar-refractivity contribution in [1.82, 2.24) is 10.3 Å². The molecular formula is C20H22ClN3O. The van der Waals surface area contributed by atoms with Crippen LogP contribution in [-0.4, -0.2) is 30.0 Å². The predicted molar refractivity (Wildman–Crippen MR) is 100 cm³/mol. The zero-order chi connectivity index (χ0) is 17.2. The average Bonchev–Trinajstić information content (AvgIpc) is 3.24. The minimum Gasteiger partial charge on any atom is -0.353 e. The van der Waals surface area contributed by atoms with E-state index in [1.807, 2.05) is 12.1 Å².